The van der Waals surface area contributed by atoms with Gasteiger partial charge in [-0.1, -0.05) is 40.8 Å². The summed E-state index contributed by atoms with van der Waals surface area (Å²) in [6, 6.07) is 8.29. The molecule has 1 unspecified atom stereocenters. The van der Waals surface area contributed by atoms with Gasteiger partial charge in [-0.05, 0) is 30.0 Å². The predicted molar refractivity (Wildman–Crippen MR) is 65.2 cm³/mol. The molecule has 1 aromatic rings. The van der Waals surface area contributed by atoms with Gasteiger partial charge in [0, 0.05) is 31.1 Å². The quantitative estimate of drug-likeness (QED) is 0.682. The summed E-state index contributed by atoms with van der Waals surface area (Å²) in [5.74, 6) is 1.58. The first-order chi connectivity index (χ1) is 5.77. The molecule has 86 valence electrons. The molecule has 1 nitrogen and oxygen atoms in total. The third kappa shape index (κ3) is 6.28. The van der Waals surface area contributed by atoms with Crippen molar-refractivity contribution in [2.75, 3.05) is 7.11 Å². The van der Waals surface area contributed by atoms with Gasteiger partial charge in [-0.15, -0.1) is 0 Å². The molecule has 0 spiro atoms. The molecule has 0 aromatic heterocycles. The minimum absolute atomic E-state index is 0. The Labute approximate surface area is 119 Å². The maximum Gasteiger partial charge on any atom is 0.118 e. The average Bonchev–Trinajstić information content (AvgIpc) is 2.17. The first-order valence-corrected chi connectivity index (χ1v) is 4.42. The summed E-state index contributed by atoms with van der Waals surface area (Å²) in [5, 5.41) is 0. The molecule has 2 heteroatoms. The third-order valence-corrected chi connectivity index (χ3v) is 2.30. The van der Waals surface area contributed by atoms with E-state index in [9.17, 15) is 0 Å². The monoisotopic (exact) mass is 434 g/mol. The van der Waals surface area contributed by atoms with E-state index in [1.807, 2.05) is 12.1 Å². The van der Waals surface area contributed by atoms with Gasteiger partial charge in [0.1, 0.15) is 5.75 Å². The number of ether oxygens (including phenoxy) is 1. The smallest absolute Gasteiger partial charge is 0.118 e. The zero-order chi connectivity index (χ0) is 8.97. The second kappa shape index (κ2) is 10.6. The molecular formula is C13H24OU. The van der Waals surface area contributed by atoms with Crippen molar-refractivity contribution in [1.82, 2.24) is 0 Å². The van der Waals surface area contributed by atoms with Crippen LogP contribution in [-0.2, 0) is 0 Å². The Balaban J connectivity index is -0.000000480. The first kappa shape index (κ1) is 20.5. The van der Waals surface area contributed by atoms with E-state index in [1.54, 1.807) is 7.11 Å². The molecule has 0 bridgehead atoms. The summed E-state index contributed by atoms with van der Waals surface area (Å²) in [7, 11) is 1.69. The molecule has 1 atom stereocenters. The molecule has 1 rings (SSSR count). The molecule has 0 heterocycles. The number of methoxy groups -OCH3 is 1. The van der Waals surface area contributed by atoms with Crippen LogP contribution < -0.4 is 4.74 Å². The van der Waals surface area contributed by atoms with E-state index in [0.717, 1.165) is 5.75 Å². The third-order valence-electron chi connectivity index (χ3n) is 2.30. The van der Waals surface area contributed by atoms with E-state index in [4.69, 9.17) is 4.74 Å². The first-order valence-electron chi connectivity index (χ1n) is 4.42. The maximum atomic E-state index is 5.08. The molecule has 0 aliphatic rings. The number of rotatable bonds is 3. The van der Waals surface area contributed by atoms with Crippen molar-refractivity contribution < 1.29 is 35.9 Å². The maximum absolute atomic E-state index is 5.08. The Morgan fingerprint density at radius 1 is 1.13 bits per heavy atom. The standard InChI is InChI=1S/C11H16O.2CH4.U/c1-4-9(2)10-5-7-11(12-3)8-6-10;;;/h5-9H,4H2,1-3H3;2*1H4;. The van der Waals surface area contributed by atoms with Crippen molar-refractivity contribution in [2.24, 2.45) is 0 Å². The van der Waals surface area contributed by atoms with Gasteiger partial charge in [0.15, 0.2) is 0 Å². The largest absolute Gasteiger partial charge is 0.497 e. The van der Waals surface area contributed by atoms with Crippen molar-refractivity contribution in [3.05, 3.63) is 29.8 Å². The topological polar surface area (TPSA) is 9.23 Å². The van der Waals surface area contributed by atoms with Gasteiger partial charge in [0.25, 0.3) is 0 Å². The van der Waals surface area contributed by atoms with Crippen LogP contribution in [-0.4, -0.2) is 7.11 Å². The van der Waals surface area contributed by atoms with Crippen LogP contribution in [0.5, 0.6) is 5.75 Å². The van der Waals surface area contributed by atoms with Crippen LogP contribution in [0.25, 0.3) is 0 Å². The average molecular weight is 434 g/mol. The Morgan fingerprint density at radius 3 is 1.93 bits per heavy atom. The van der Waals surface area contributed by atoms with Gasteiger partial charge in [-0.25, -0.2) is 0 Å². The predicted octanol–water partition coefficient (Wildman–Crippen LogP) is 4.48. The second-order valence-corrected chi connectivity index (χ2v) is 3.08. The van der Waals surface area contributed by atoms with Gasteiger partial charge in [0.2, 0.25) is 0 Å². The van der Waals surface area contributed by atoms with Crippen LogP contribution in [0.15, 0.2) is 24.3 Å². The molecule has 0 aliphatic heterocycles. The zero-order valence-electron chi connectivity index (χ0n) is 8.50. The fourth-order valence-corrected chi connectivity index (χ4v) is 1.17. The minimum atomic E-state index is 0. The molecule has 15 heavy (non-hydrogen) atoms. The van der Waals surface area contributed by atoms with Crippen molar-refractivity contribution in [1.29, 1.82) is 0 Å². The SMILES string of the molecule is C.C.CCC(C)c1ccc(OC)cc1.[U]. The minimum Gasteiger partial charge on any atom is -0.497 e. The zero-order valence-corrected chi connectivity index (χ0v) is 12.7. The summed E-state index contributed by atoms with van der Waals surface area (Å²) in [4.78, 5) is 0. The molecule has 0 saturated heterocycles. The van der Waals surface area contributed by atoms with Crippen molar-refractivity contribution in [2.45, 2.75) is 41.0 Å². The van der Waals surface area contributed by atoms with E-state index in [0.29, 0.717) is 5.92 Å². The van der Waals surface area contributed by atoms with Crippen molar-refractivity contribution >= 4 is 0 Å². The molecular weight excluding hydrogens is 410 g/mol. The summed E-state index contributed by atoms with van der Waals surface area (Å²) in [5.41, 5.74) is 1.39. The van der Waals surface area contributed by atoms with Crippen molar-refractivity contribution in [3.63, 3.8) is 0 Å². The molecule has 0 amide bonds. The molecule has 0 aliphatic carbocycles. The van der Waals surface area contributed by atoms with Gasteiger partial charge >= 0.3 is 0 Å². The fourth-order valence-electron chi connectivity index (χ4n) is 1.17. The van der Waals surface area contributed by atoms with Crippen molar-refractivity contribution in [3.8, 4) is 5.75 Å². The van der Waals surface area contributed by atoms with Gasteiger partial charge in [-0.2, -0.15) is 0 Å². The van der Waals surface area contributed by atoms with Gasteiger partial charge in [-0.3, -0.25) is 0 Å². The number of benzene rings is 1. The van der Waals surface area contributed by atoms with E-state index < -0.39 is 0 Å². The van der Waals surface area contributed by atoms with Crippen LogP contribution in [0.4, 0.5) is 0 Å². The number of hydrogen-bond donors (Lipinski definition) is 0. The van der Waals surface area contributed by atoms with Crippen LogP contribution in [0.3, 0.4) is 0 Å². The Morgan fingerprint density at radius 2 is 1.60 bits per heavy atom. The van der Waals surface area contributed by atoms with Crippen LogP contribution >= 0.6 is 0 Å². The molecule has 0 saturated carbocycles. The summed E-state index contributed by atoms with van der Waals surface area (Å²) in [6.45, 7) is 4.44. The fraction of sp³-hybridized carbons (Fsp3) is 0.538. The molecule has 0 fully saturated rings. The van der Waals surface area contributed by atoms with E-state index in [2.05, 4.69) is 26.0 Å². The van der Waals surface area contributed by atoms with E-state index in [-0.39, 0.29) is 46.0 Å². The van der Waals surface area contributed by atoms with Crippen LogP contribution in [0.1, 0.15) is 46.6 Å². The Kier molecular flexibility index (Phi) is 14.5. The molecule has 0 radical (unpaired) electrons. The second-order valence-electron chi connectivity index (χ2n) is 3.08. The number of hydrogen-bond acceptors (Lipinski definition) is 1. The summed E-state index contributed by atoms with van der Waals surface area (Å²) < 4.78 is 5.08. The molecule has 0 N–H and O–H groups in total. The van der Waals surface area contributed by atoms with Gasteiger partial charge in [0.05, 0.1) is 7.11 Å². The molecule has 1 aromatic carbocycles. The van der Waals surface area contributed by atoms with Gasteiger partial charge < -0.3 is 4.74 Å². The normalized spacial score (nSPS) is 10.1. The van der Waals surface area contributed by atoms with Crippen LogP contribution in [0, 0.1) is 31.1 Å². The Bertz CT molecular complexity index is 231. The summed E-state index contributed by atoms with van der Waals surface area (Å²) in [6.07, 6.45) is 1.19. The van der Waals surface area contributed by atoms with E-state index in [1.165, 1.54) is 12.0 Å². The Hall–Kier alpha value is 0.0719. The van der Waals surface area contributed by atoms with Crippen LogP contribution in [0.2, 0.25) is 0 Å². The van der Waals surface area contributed by atoms with E-state index >= 15 is 0 Å². The summed E-state index contributed by atoms with van der Waals surface area (Å²) >= 11 is 0.